The van der Waals surface area contributed by atoms with Gasteiger partial charge in [0.05, 0.1) is 40.6 Å². The number of carbonyl (C=O) groups is 1. The third-order valence-corrected chi connectivity index (χ3v) is 7.20. The second-order valence-electron chi connectivity index (χ2n) is 8.10. The fourth-order valence-electron chi connectivity index (χ4n) is 3.48. The highest BCUT2D eigenvalue weighted by Crippen LogP contribution is 2.37. The first-order valence-corrected chi connectivity index (χ1v) is 12.4. The van der Waals surface area contributed by atoms with Gasteiger partial charge in [-0.15, -0.1) is 10.2 Å². The Kier molecular flexibility index (Phi) is 6.72. The summed E-state index contributed by atoms with van der Waals surface area (Å²) in [6.45, 7) is 3.69. The number of nitrogens with zero attached hydrogens (tertiary/aromatic N) is 3. The molecule has 1 aromatic heterocycles. The molecule has 1 atom stereocenters. The topological polar surface area (TPSA) is 129 Å². The highest BCUT2D eigenvalue weighted by Gasteiger charge is 2.37. The lowest BCUT2D eigenvalue weighted by atomic mass is 10.1. The third-order valence-electron chi connectivity index (χ3n) is 5.15. The van der Waals surface area contributed by atoms with Crippen LogP contribution in [0.4, 0.5) is 10.1 Å². The average Bonchev–Trinajstić information content (AvgIpc) is 3.23. The average molecular weight is 509 g/mol. The standard InChI is InChI=1S/C22H22ClFN4O5S/c1-12(2)32-10-20-26-27-21(33-20)15-7-18-19(8-16(15)24)34(30,31)11-17(25)22(29)28(18)9-13-3-5-14(23)6-4-13/h3-8,12,17H,9-11,25H2,1-2H3/t17-/m0/s1. The number of nitrogens with two attached hydrogens (primary N) is 1. The third kappa shape index (κ3) is 4.97. The van der Waals surface area contributed by atoms with Gasteiger partial charge >= 0.3 is 0 Å². The molecule has 0 spiro atoms. The number of halogens is 2. The largest absolute Gasteiger partial charge is 0.418 e. The summed E-state index contributed by atoms with van der Waals surface area (Å²) < 4.78 is 51.9. The molecule has 0 saturated carbocycles. The van der Waals surface area contributed by atoms with Gasteiger partial charge in [-0.25, -0.2) is 12.8 Å². The van der Waals surface area contributed by atoms with Crippen molar-refractivity contribution < 1.29 is 26.8 Å². The number of benzene rings is 2. The summed E-state index contributed by atoms with van der Waals surface area (Å²) >= 11 is 5.94. The van der Waals surface area contributed by atoms with E-state index in [-0.39, 0.29) is 47.2 Å². The number of sulfone groups is 1. The van der Waals surface area contributed by atoms with Crippen molar-refractivity contribution >= 4 is 33.0 Å². The Morgan fingerprint density at radius 2 is 1.97 bits per heavy atom. The first-order chi connectivity index (χ1) is 16.0. The molecule has 3 aromatic rings. The number of rotatable bonds is 6. The molecular formula is C22H22ClFN4O5S. The summed E-state index contributed by atoms with van der Waals surface area (Å²) in [5, 5.41) is 8.21. The fraction of sp³-hybridized carbons (Fsp3) is 0.318. The number of carbonyl (C=O) groups excluding carboxylic acids is 1. The molecule has 9 nitrogen and oxygen atoms in total. The predicted octanol–water partition coefficient (Wildman–Crippen LogP) is 3.10. The van der Waals surface area contributed by atoms with Gasteiger partial charge in [-0.3, -0.25) is 4.79 Å². The Labute approximate surface area is 200 Å². The minimum Gasteiger partial charge on any atom is -0.418 e. The van der Waals surface area contributed by atoms with Gasteiger partial charge in [0.15, 0.2) is 9.84 Å². The minimum atomic E-state index is -4.06. The van der Waals surface area contributed by atoms with Crippen LogP contribution in [0.15, 0.2) is 45.7 Å². The molecule has 180 valence electrons. The number of fused-ring (bicyclic) bond motifs is 1. The number of ether oxygens (including phenoxy) is 1. The minimum absolute atomic E-state index is 0.00535. The van der Waals surface area contributed by atoms with E-state index in [1.807, 2.05) is 13.8 Å². The normalized spacial score (nSPS) is 17.6. The molecular weight excluding hydrogens is 487 g/mol. The SMILES string of the molecule is CC(C)OCc1nnc(-c2cc3c(cc2F)S(=O)(=O)C[C@H](N)C(=O)N3Cc2ccc(Cl)cc2)o1. The Morgan fingerprint density at radius 1 is 1.26 bits per heavy atom. The maximum atomic E-state index is 15.1. The van der Waals surface area contributed by atoms with Crippen LogP contribution in [0.3, 0.4) is 0 Å². The van der Waals surface area contributed by atoms with Crippen molar-refractivity contribution in [2.75, 3.05) is 10.7 Å². The van der Waals surface area contributed by atoms with Crippen molar-refractivity contribution in [3.63, 3.8) is 0 Å². The zero-order valence-corrected chi connectivity index (χ0v) is 19.9. The maximum absolute atomic E-state index is 15.1. The molecule has 2 N–H and O–H groups in total. The zero-order chi connectivity index (χ0) is 24.6. The molecule has 4 rings (SSSR count). The van der Waals surface area contributed by atoms with Crippen LogP contribution in [0, 0.1) is 5.82 Å². The van der Waals surface area contributed by atoms with E-state index in [0.717, 1.165) is 6.07 Å². The van der Waals surface area contributed by atoms with Crippen LogP contribution < -0.4 is 10.6 Å². The summed E-state index contributed by atoms with van der Waals surface area (Å²) in [6, 6.07) is 7.44. The monoisotopic (exact) mass is 508 g/mol. The van der Waals surface area contributed by atoms with Crippen LogP contribution in [0.2, 0.25) is 5.02 Å². The molecule has 1 amide bonds. The van der Waals surface area contributed by atoms with Gasteiger partial charge in [0.2, 0.25) is 11.8 Å². The van der Waals surface area contributed by atoms with Crippen LogP contribution in [0.1, 0.15) is 25.3 Å². The van der Waals surface area contributed by atoms with Crippen LogP contribution in [0.25, 0.3) is 11.5 Å². The van der Waals surface area contributed by atoms with E-state index in [1.54, 1.807) is 24.3 Å². The molecule has 0 bridgehead atoms. The second kappa shape index (κ2) is 9.41. The van der Waals surface area contributed by atoms with E-state index in [0.29, 0.717) is 10.6 Å². The zero-order valence-electron chi connectivity index (χ0n) is 18.4. The Balaban J connectivity index is 1.81. The molecule has 0 saturated heterocycles. The lowest BCUT2D eigenvalue weighted by Crippen LogP contribution is -2.45. The van der Waals surface area contributed by atoms with Gasteiger partial charge in [-0.05, 0) is 43.7 Å². The van der Waals surface area contributed by atoms with Crippen molar-refractivity contribution in [1.82, 2.24) is 10.2 Å². The first-order valence-electron chi connectivity index (χ1n) is 10.4. The van der Waals surface area contributed by atoms with Crippen LogP contribution >= 0.6 is 11.6 Å². The van der Waals surface area contributed by atoms with Crippen LogP contribution in [-0.4, -0.2) is 42.4 Å². The second-order valence-corrected chi connectivity index (χ2v) is 10.5. The van der Waals surface area contributed by atoms with Crippen molar-refractivity contribution in [3.8, 4) is 11.5 Å². The maximum Gasteiger partial charge on any atom is 0.250 e. The van der Waals surface area contributed by atoms with E-state index in [2.05, 4.69) is 10.2 Å². The van der Waals surface area contributed by atoms with Gasteiger partial charge in [0.1, 0.15) is 12.4 Å². The van der Waals surface area contributed by atoms with Crippen LogP contribution in [-0.2, 0) is 32.5 Å². The van der Waals surface area contributed by atoms with Crippen molar-refractivity contribution in [2.45, 2.75) is 44.0 Å². The Hall–Kier alpha value is -2.86. The molecule has 2 heterocycles. The molecule has 34 heavy (non-hydrogen) atoms. The van der Waals surface area contributed by atoms with Crippen molar-refractivity contribution in [1.29, 1.82) is 0 Å². The summed E-state index contributed by atoms with van der Waals surface area (Å²) in [5.74, 6) is -2.20. The molecule has 0 radical (unpaired) electrons. The molecule has 0 unspecified atom stereocenters. The number of hydrogen-bond donors (Lipinski definition) is 1. The fourth-order valence-corrected chi connectivity index (χ4v) is 5.17. The Morgan fingerprint density at radius 3 is 2.65 bits per heavy atom. The van der Waals surface area contributed by atoms with Gasteiger partial charge in [0, 0.05) is 5.02 Å². The smallest absolute Gasteiger partial charge is 0.250 e. The highest BCUT2D eigenvalue weighted by molar-refractivity contribution is 7.91. The molecule has 12 heteroatoms. The van der Waals surface area contributed by atoms with Gasteiger partial charge in [-0.1, -0.05) is 23.7 Å². The Bertz CT molecular complexity index is 1330. The van der Waals surface area contributed by atoms with Gasteiger partial charge in [-0.2, -0.15) is 0 Å². The first kappa shape index (κ1) is 24.3. The van der Waals surface area contributed by atoms with Crippen LogP contribution in [0.5, 0.6) is 0 Å². The van der Waals surface area contributed by atoms with Crippen molar-refractivity contribution in [2.24, 2.45) is 5.73 Å². The molecule has 1 aliphatic heterocycles. The number of amides is 1. The van der Waals surface area contributed by atoms with E-state index >= 15 is 4.39 Å². The molecule has 0 aliphatic carbocycles. The summed E-state index contributed by atoms with van der Waals surface area (Å²) in [7, 11) is -4.06. The highest BCUT2D eigenvalue weighted by atomic mass is 35.5. The number of anilines is 1. The summed E-state index contributed by atoms with van der Waals surface area (Å²) in [5.41, 5.74) is 6.41. The van der Waals surface area contributed by atoms with Gasteiger partial charge < -0.3 is 19.8 Å². The predicted molar refractivity (Wildman–Crippen MR) is 122 cm³/mol. The van der Waals surface area contributed by atoms with E-state index < -0.39 is 33.4 Å². The van der Waals surface area contributed by atoms with Gasteiger partial charge in [0.25, 0.3) is 5.89 Å². The lowest BCUT2D eigenvalue weighted by molar-refractivity contribution is -0.119. The molecule has 2 aromatic carbocycles. The van der Waals surface area contributed by atoms with E-state index in [9.17, 15) is 13.2 Å². The van der Waals surface area contributed by atoms with Crippen molar-refractivity contribution in [3.05, 3.63) is 58.7 Å². The lowest BCUT2D eigenvalue weighted by Gasteiger charge is -2.24. The summed E-state index contributed by atoms with van der Waals surface area (Å²) in [6.07, 6.45) is -0.0820. The van der Waals surface area contributed by atoms with E-state index in [1.165, 1.54) is 11.0 Å². The van der Waals surface area contributed by atoms with E-state index in [4.69, 9.17) is 26.5 Å². The number of aromatic nitrogens is 2. The number of hydrogen-bond acceptors (Lipinski definition) is 8. The molecule has 1 aliphatic rings. The quantitative estimate of drug-likeness (QED) is 0.537. The summed E-state index contributed by atoms with van der Waals surface area (Å²) in [4.78, 5) is 14.0. The molecule has 0 fully saturated rings.